The lowest BCUT2D eigenvalue weighted by Crippen LogP contribution is -2.19. The molecule has 0 saturated heterocycles. The Labute approximate surface area is 108 Å². The van der Waals surface area contributed by atoms with Crippen LogP contribution in [0.25, 0.3) is 0 Å². The maximum absolute atomic E-state index is 12.1. The third-order valence-corrected chi connectivity index (χ3v) is 3.30. The molecule has 0 spiro atoms. The number of fused-ring (bicyclic) bond motifs is 1. The van der Waals surface area contributed by atoms with Gasteiger partial charge in [0.05, 0.1) is 30.3 Å². The van der Waals surface area contributed by atoms with E-state index in [0.29, 0.717) is 19.4 Å². The summed E-state index contributed by atoms with van der Waals surface area (Å²) in [5.74, 6) is 0.212. The molecule has 1 heterocycles. The Balaban J connectivity index is 2.52. The Bertz CT molecular complexity index is 514. The van der Waals surface area contributed by atoms with Gasteiger partial charge in [0.1, 0.15) is 0 Å². The van der Waals surface area contributed by atoms with Crippen molar-refractivity contribution in [3.63, 3.8) is 0 Å². The third kappa shape index (κ3) is 2.17. The second-order valence-corrected chi connectivity index (χ2v) is 5.83. The largest absolute Gasteiger partial charge is 0.294 e. The Hall–Kier alpha value is -1.63. The first-order valence-electron chi connectivity index (χ1n) is 6.45. The first-order chi connectivity index (χ1) is 8.45. The van der Waals surface area contributed by atoms with Gasteiger partial charge in [-0.1, -0.05) is 20.8 Å². The van der Waals surface area contributed by atoms with Crippen molar-refractivity contribution < 1.29 is 4.79 Å². The molecule has 1 aromatic heterocycles. The predicted octanol–water partition coefficient (Wildman–Crippen LogP) is 2.61. The van der Waals surface area contributed by atoms with E-state index in [0.717, 1.165) is 29.8 Å². The molecule has 1 aliphatic carbocycles. The smallest absolute Gasteiger partial charge is 0.166 e. The van der Waals surface area contributed by atoms with E-state index in [1.807, 2.05) is 4.68 Å². The van der Waals surface area contributed by atoms with Gasteiger partial charge in [-0.25, -0.2) is 0 Å². The second kappa shape index (κ2) is 4.56. The minimum atomic E-state index is -0.130. The molecule has 0 aromatic carbocycles. The molecule has 0 fully saturated rings. The first kappa shape index (κ1) is 12.8. The molecule has 0 unspecified atom stereocenters. The van der Waals surface area contributed by atoms with Gasteiger partial charge >= 0.3 is 0 Å². The van der Waals surface area contributed by atoms with Gasteiger partial charge in [-0.05, 0) is 12.8 Å². The average molecular weight is 245 g/mol. The molecule has 18 heavy (non-hydrogen) atoms. The summed E-state index contributed by atoms with van der Waals surface area (Å²) in [4.78, 5) is 12.1. The van der Waals surface area contributed by atoms with Crippen LogP contribution in [0.5, 0.6) is 0 Å². The van der Waals surface area contributed by atoms with Gasteiger partial charge in [0.2, 0.25) is 0 Å². The first-order valence-corrected chi connectivity index (χ1v) is 6.45. The fourth-order valence-corrected chi connectivity index (χ4v) is 2.45. The zero-order valence-electron chi connectivity index (χ0n) is 11.3. The normalized spacial score (nSPS) is 15.3. The maximum Gasteiger partial charge on any atom is 0.166 e. The third-order valence-electron chi connectivity index (χ3n) is 3.30. The van der Waals surface area contributed by atoms with Gasteiger partial charge in [0.15, 0.2) is 5.78 Å². The average Bonchev–Trinajstić information content (AvgIpc) is 2.66. The van der Waals surface area contributed by atoms with E-state index in [9.17, 15) is 4.79 Å². The molecule has 0 amide bonds. The molecule has 0 bridgehead atoms. The molecular weight excluding hydrogens is 226 g/mol. The summed E-state index contributed by atoms with van der Waals surface area (Å²) in [6.07, 6.45) is 2.86. The summed E-state index contributed by atoms with van der Waals surface area (Å²) in [7, 11) is 0. The lowest BCUT2D eigenvalue weighted by molar-refractivity contribution is 0.0969. The second-order valence-electron chi connectivity index (χ2n) is 5.83. The predicted molar refractivity (Wildman–Crippen MR) is 68.4 cm³/mol. The highest BCUT2D eigenvalue weighted by Gasteiger charge is 2.32. The van der Waals surface area contributed by atoms with Crippen LogP contribution in [-0.2, 0) is 18.4 Å². The molecule has 4 nitrogen and oxygen atoms in total. The van der Waals surface area contributed by atoms with Crippen molar-refractivity contribution in [3.05, 3.63) is 17.0 Å². The van der Waals surface area contributed by atoms with Gasteiger partial charge in [-0.3, -0.25) is 9.48 Å². The molecule has 0 radical (unpaired) electrons. The molecule has 0 N–H and O–H groups in total. The SMILES string of the molecule is CC(C)(C)c1nn(CCC#N)c2c1C(=O)CCC2. The van der Waals surface area contributed by atoms with E-state index in [1.54, 1.807) is 0 Å². The van der Waals surface area contributed by atoms with E-state index in [1.165, 1.54) is 0 Å². The van der Waals surface area contributed by atoms with Crippen molar-refractivity contribution in [3.8, 4) is 6.07 Å². The Morgan fingerprint density at radius 1 is 1.39 bits per heavy atom. The number of aromatic nitrogens is 2. The number of nitrogens with zero attached hydrogens (tertiary/aromatic N) is 3. The summed E-state index contributed by atoms with van der Waals surface area (Å²) in [6.45, 7) is 6.81. The molecule has 96 valence electrons. The molecule has 4 heteroatoms. The minimum absolute atomic E-state index is 0.130. The summed E-state index contributed by atoms with van der Waals surface area (Å²) in [6, 6.07) is 2.14. The number of rotatable bonds is 2. The Kier molecular flexibility index (Phi) is 3.25. The number of Topliss-reactive ketones (excluding diaryl/α,β-unsaturated/α-hetero) is 1. The molecule has 0 atom stereocenters. The molecule has 0 saturated carbocycles. The van der Waals surface area contributed by atoms with Gasteiger partial charge in [-0.15, -0.1) is 0 Å². The standard InChI is InChI=1S/C14H19N3O/c1-14(2,3)13-12-10(6-4-7-11(12)18)17(16-13)9-5-8-15/h4-7,9H2,1-3H3. The number of nitriles is 1. The van der Waals surface area contributed by atoms with E-state index in [-0.39, 0.29) is 11.2 Å². The van der Waals surface area contributed by atoms with Gasteiger partial charge in [-0.2, -0.15) is 10.4 Å². The van der Waals surface area contributed by atoms with Gasteiger partial charge < -0.3 is 0 Å². The topological polar surface area (TPSA) is 58.7 Å². The van der Waals surface area contributed by atoms with Crippen LogP contribution in [0.1, 0.15) is 61.8 Å². The monoisotopic (exact) mass is 245 g/mol. The highest BCUT2D eigenvalue weighted by atomic mass is 16.1. The molecule has 1 aromatic rings. The van der Waals surface area contributed by atoms with Crippen LogP contribution in [-0.4, -0.2) is 15.6 Å². The molecule has 1 aliphatic rings. The molecule has 2 rings (SSSR count). The summed E-state index contributed by atoms with van der Waals surface area (Å²) in [5, 5.41) is 13.3. The Morgan fingerprint density at radius 2 is 2.11 bits per heavy atom. The van der Waals surface area contributed by atoms with Crippen molar-refractivity contribution in [2.75, 3.05) is 0 Å². The highest BCUT2D eigenvalue weighted by molar-refractivity contribution is 5.99. The van der Waals surface area contributed by atoms with Crippen LogP contribution in [0.3, 0.4) is 0 Å². The summed E-state index contributed by atoms with van der Waals surface area (Å²) in [5.41, 5.74) is 2.62. The number of carbonyl (C=O) groups excluding carboxylic acids is 1. The fraction of sp³-hybridized carbons (Fsp3) is 0.643. The van der Waals surface area contributed by atoms with Crippen LogP contribution in [0.15, 0.2) is 0 Å². The van der Waals surface area contributed by atoms with Crippen molar-refractivity contribution in [1.29, 1.82) is 5.26 Å². The van der Waals surface area contributed by atoms with Crippen molar-refractivity contribution in [2.24, 2.45) is 0 Å². The molecular formula is C14H19N3O. The zero-order chi connectivity index (χ0) is 13.3. The van der Waals surface area contributed by atoms with E-state index in [4.69, 9.17) is 5.26 Å². The number of carbonyl (C=O) groups is 1. The lowest BCUT2D eigenvalue weighted by Gasteiger charge is -2.19. The van der Waals surface area contributed by atoms with Crippen molar-refractivity contribution in [2.45, 2.75) is 58.4 Å². The zero-order valence-corrected chi connectivity index (χ0v) is 11.3. The fourth-order valence-electron chi connectivity index (χ4n) is 2.45. The molecule has 0 aliphatic heterocycles. The van der Waals surface area contributed by atoms with Gasteiger partial charge in [0, 0.05) is 17.5 Å². The van der Waals surface area contributed by atoms with E-state index >= 15 is 0 Å². The van der Waals surface area contributed by atoms with Gasteiger partial charge in [0.25, 0.3) is 0 Å². The number of ketones is 1. The minimum Gasteiger partial charge on any atom is -0.294 e. The van der Waals surface area contributed by atoms with Crippen LogP contribution < -0.4 is 0 Å². The van der Waals surface area contributed by atoms with Crippen LogP contribution in [0.4, 0.5) is 0 Å². The van der Waals surface area contributed by atoms with Crippen molar-refractivity contribution >= 4 is 5.78 Å². The number of aryl methyl sites for hydroxylation is 1. The summed E-state index contributed by atoms with van der Waals surface area (Å²) < 4.78 is 1.87. The highest BCUT2D eigenvalue weighted by Crippen LogP contribution is 2.32. The number of hydrogen-bond acceptors (Lipinski definition) is 3. The van der Waals surface area contributed by atoms with Crippen LogP contribution in [0, 0.1) is 11.3 Å². The van der Waals surface area contributed by atoms with Crippen LogP contribution >= 0.6 is 0 Å². The summed E-state index contributed by atoms with van der Waals surface area (Å²) >= 11 is 0. The van der Waals surface area contributed by atoms with E-state index < -0.39 is 0 Å². The Morgan fingerprint density at radius 3 is 2.72 bits per heavy atom. The van der Waals surface area contributed by atoms with E-state index in [2.05, 4.69) is 31.9 Å². The maximum atomic E-state index is 12.1. The lowest BCUT2D eigenvalue weighted by atomic mass is 9.84. The number of hydrogen-bond donors (Lipinski definition) is 0. The van der Waals surface area contributed by atoms with Crippen molar-refractivity contribution in [1.82, 2.24) is 9.78 Å². The van der Waals surface area contributed by atoms with Crippen LogP contribution in [0.2, 0.25) is 0 Å². The quantitative estimate of drug-likeness (QED) is 0.804.